The van der Waals surface area contributed by atoms with E-state index in [0.29, 0.717) is 5.57 Å². The molecule has 0 saturated carbocycles. The van der Waals surface area contributed by atoms with Crippen LogP contribution >= 0.6 is 0 Å². The molecule has 2 N–H and O–H groups in total. The van der Waals surface area contributed by atoms with Crippen LogP contribution in [-0.4, -0.2) is 30.3 Å². The molecule has 0 aromatic heterocycles. The highest BCUT2D eigenvalue weighted by molar-refractivity contribution is 5.86. The van der Waals surface area contributed by atoms with Crippen molar-refractivity contribution in [2.45, 2.75) is 13.0 Å². The molecule has 0 amide bonds. The number of hydrogen-bond acceptors (Lipinski definition) is 5. The summed E-state index contributed by atoms with van der Waals surface area (Å²) in [4.78, 5) is 13.6. The molecular formula is C25H26N2O3. The van der Waals surface area contributed by atoms with Crippen molar-refractivity contribution in [3.63, 3.8) is 0 Å². The number of hydrogen-bond donors (Lipinski definition) is 2. The fraction of sp³-hybridized carbons (Fsp3) is 0.160. The summed E-state index contributed by atoms with van der Waals surface area (Å²) in [6.45, 7) is 5.32. The largest absolute Gasteiger partial charge is 0.460 e. The van der Waals surface area contributed by atoms with Gasteiger partial charge in [0.2, 0.25) is 0 Å². The summed E-state index contributed by atoms with van der Waals surface area (Å²) in [5, 5.41) is 13.8. The Morgan fingerprint density at radius 1 is 0.933 bits per heavy atom. The van der Waals surface area contributed by atoms with Crippen LogP contribution in [-0.2, 0) is 9.53 Å². The van der Waals surface area contributed by atoms with Crippen LogP contribution < -0.4 is 10.2 Å². The molecule has 0 aliphatic carbocycles. The van der Waals surface area contributed by atoms with Gasteiger partial charge in [-0.3, -0.25) is 0 Å². The fourth-order valence-electron chi connectivity index (χ4n) is 2.94. The summed E-state index contributed by atoms with van der Waals surface area (Å²) < 4.78 is 5.10. The summed E-state index contributed by atoms with van der Waals surface area (Å²) in [5.74, 6) is -0.503. The van der Waals surface area contributed by atoms with Crippen LogP contribution in [0.3, 0.4) is 0 Å². The minimum absolute atomic E-state index is 0.0946. The quantitative estimate of drug-likeness (QED) is 0.387. The van der Waals surface area contributed by atoms with E-state index in [0.717, 1.165) is 22.7 Å². The number of aliphatic hydroxyl groups excluding tert-OH is 1. The maximum Gasteiger partial charge on any atom is 0.333 e. The van der Waals surface area contributed by atoms with Gasteiger partial charge in [0.05, 0.1) is 6.54 Å². The molecule has 0 radical (unpaired) electrons. The SMILES string of the molecule is C=C(C)C(=O)OCC(O)CN(c1ccccc1)c1ccc(Nc2ccccc2)cc1. The second-order valence-electron chi connectivity index (χ2n) is 7.02. The molecule has 3 aromatic rings. The van der Waals surface area contributed by atoms with Gasteiger partial charge >= 0.3 is 5.97 Å². The van der Waals surface area contributed by atoms with Gasteiger partial charge in [0, 0.05) is 28.3 Å². The Balaban J connectivity index is 1.74. The minimum atomic E-state index is -0.851. The smallest absolute Gasteiger partial charge is 0.333 e. The molecule has 0 aliphatic rings. The van der Waals surface area contributed by atoms with Crippen LogP contribution in [0.1, 0.15) is 6.92 Å². The predicted octanol–water partition coefficient (Wildman–Crippen LogP) is 5.05. The number of esters is 1. The molecule has 5 heteroatoms. The first-order chi connectivity index (χ1) is 14.5. The molecule has 0 heterocycles. The Kier molecular flexibility index (Phi) is 7.24. The van der Waals surface area contributed by atoms with Gasteiger partial charge in [-0.2, -0.15) is 0 Å². The number of benzene rings is 3. The third kappa shape index (κ3) is 5.96. The highest BCUT2D eigenvalue weighted by Crippen LogP contribution is 2.27. The van der Waals surface area contributed by atoms with Crippen molar-refractivity contribution in [1.29, 1.82) is 0 Å². The molecule has 5 nitrogen and oxygen atoms in total. The Bertz CT molecular complexity index is 957. The number of rotatable bonds is 9. The van der Waals surface area contributed by atoms with E-state index >= 15 is 0 Å². The maximum absolute atomic E-state index is 11.6. The monoisotopic (exact) mass is 402 g/mol. The van der Waals surface area contributed by atoms with Crippen LogP contribution in [0.4, 0.5) is 22.7 Å². The Morgan fingerprint density at radius 2 is 1.47 bits per heavy atom. The van der Waals surface area contributed by atoms with Crippen LogP contribution in [0.25, 0.3) is 0 Å². The molecule has 30 heavy (non-hydrogen) atoms. The molecule has 3 aromatic carbocycles. The minimum Gasteiger partial charge on any atom is -0.460 e. The molecule has 1 atom stereocenters. The topological polar surface area (TPSA) is 61.8 Å². The summed E-state index contributed by atoms with van der Waals surface area (Å²) in [6.07, 6.45) is -0.851. The van der Waals surface area contributed by atoms with E-state index in [1.54, 1.807) is 6.92 Å². The Hall–Kier alpha value is -3.57. The normalized spacial score (nSPS) is 11.4. The van der Waals surface area contributed by atoms with Crippen LogP contribution in [0, 0.1) is 0 Å². The van der Waals surface area contributed by atoms with Crippen molar-refractivity contribution >= 4 is 28.7 Å². The first kappa shape index (κ1) is 21.1. The van der Waals surface area contributed by atoms with Gasteiger partial charge < -0.3 is 20.1 Å². The summed E-state index contributed by atoms with van der Waals surface area (Å²) >= 11 is 0. The molecule has 3 rings (SSSR count). The van der Waals surface area contributed by atoms with Crippen molar-refractivity contribution in [3.8, 4) is 0 Å². The highest BCUT2D eigenvalue weighted by atomic mass is 16.5. The lowest BCUT2D eigenvalue weighted by Crippen LogP contribution is -2.32. The van der Waals surface area contributed by atoms with Crippen molar-refractivity contribution in [1.82, 2.24) is 0 Å². The third-order valence-electron chi connectivity index (χ3n) is 4.46. The zero-order valence-corrected chi connectivity index (χ0v) is 17.0. The van der Waals surface area contributed by atoms with E-state index in [1.807, 2.05) is 89.8 Å². The second kappa shape index (κ2) is 10.3. The van der Waals surface area contributed by atoms with Crippen LogP contribution in [0.15, 0.2) is 97.1 Å². The molecular weight excluding hydrogens is 376 g/mol. The summed E-state index contributed by atoms with van der Waals surface area (Å²) in [7, 11) is 0. The molecule has 0 aliphatic heterocycles. The Morgan fingerprint density at radius 3 is 2.07 bits per heavy atom. The lowest BCUT2D eigenvalue weighted by molar-refractivity contribution is -0.141. The average molecular weight is 402 g/mol. The van der Waals surface area contributed by atoms with E-state index < -0.39 is 12.1 Å². The third-order valence-corrected chi connectivity index (χ3v) is 4.46. The number of carbonyl (C=O) groups excluding carboxylic acids is 1. The first-order valence-electron chi connectivity index (χ1n) is 9.78. The van der Waals surface area contributed by atoms with E-state index in [4.69, 9.17) is 4.74 Å². The Labute approximate surface area is 177 Å². The zero-order valence-electron chi connectivity index (χ0n) is 17.0. The van der Waals surface area contributed by atoms with Gasteiger partial charge in [-0.15, -0.1) is 0 Å². The van der Waals surface area contributed by atoms with E-state index in [9.17, 15) is 9.90 Å². The zero-order chi connectivity index (χ0) is 21.3. The highest BCUT2D eigenvalue weighted by Gasteiger charge is 2.16. The van der Waals surface area contributed by atoms with Gasteiger partial charge in [0.1, 0.15) is 12.7 Å². The molecule has 0 spiro atoms. The lowest BCUT2D eigenvalue weighted by Gasteiger charge is -2.27. The second-order valence-corrected chi connectivity index (χ2v) is 7.02. The van der Waals surface area contributed by atoms with Crippen LogP contribution in [0.5, 0.6) is 0 Å². The predicted molar refractivity (Wildman–Crippen MR) is 121 cm³/mol. The number of aliphatic hydroxyl groups is 1. The van der Waals surface area contributed by atoms with Gasteiger partial charge in [-0.05, 0) is 55.5 Å². The van der Waals surface area contributed by atoms with Crippen molar-refractivity contribution in [3.05, 3.63) is 97.1 Å². The molecule has 0 fully saturated rings. The van der Waals surface area contributed by atoms with Gasteiger partial charge in [0.15, 0.2) is 0 Å². The van der Waals surface area contributed by atoms with Crippen molar-refractivity contribution < 1.29 is 14.6 Å². The average Bonchev–Trinajstić information content (AvgIpc) is 2.77. The number of para-hydroxylation sites is 2. The molecule has 0 saturated heterocycles. The standard InChI is InChI=1S/C25H26N2O3/c1-19(2)25(29)30-18-24(28)17-27(22-11-7-4-8-12-22)23-15-13-21(14-16-23)26-20-9-5-3-6-10-20/h3-16,24,26,28H,1,17-18H2,2H3. The fourth-order valence-corrected chi connectivity index (χ4v) is 2.94. The number of nitrogens with zero attached hydrogens (tertiary/aromatic N) is 1. The first-order valence-corrected chi connectivity index (χ1v) is 9.78. The van der Waals surface area contributed by atoms with E-state index in [2.05, 4.69) is 11.9 Å². The number of anilines is 4. The van der Waals surface area contributed by atoms with Crippen LogP contribution in [0.2, 0.25) is 0 Å². The summed E-state index contributed by atoms with van der Waals surface area (Å²) in [6, 6.07) is 27.7. The van der Waals surface area contributed by atoms with E-state index in [-0.39, 0.29) is 13.2 Å². The van der Waals surface area contributed by atoms with Gasteiger partial charge in [-0.1, -0.05) is 43.0 Å². The number of nitrogens with one attached hydrogen (secondary N) is 1. The lowest BCUT2D eigenvalue weighted by atomic mass is 10.2. The number of carbonyl (C=O) groups is 1. The van der Waals surface area contributed by atoms with Gasteiger partial charge in [0.25, 0.3) is 0 Å². The molecule has 154 valence electrons. The van der Waals surface area contributed by atoms with Crippen molar-refractivity contribution in [2.24, 2.45) is 0 Å². The number of ether oxygens (including phenoxy) is 1. The van der Waals surface area contributed by atoms with Crippen molar-refractivity contribution in [2.75, 3.05) is 23.4 Å². The van der Waals surface area contributed by atoms with Gasteiger partial charge in [-0.25, -0.2) is 4.79 Å². The summed E-state index contributed by atoms with van der Waals surface area (Å²) in [5.41, 5.74) is 4.15. The molecule has 1 unspecified atom stereocenters. The van der Waals surface area contributed by atoms with E-state index in [1.165, 1.54) is 0 Å². The maximum atomic E-state index is 11.6. The molecule has 0 bridgehead atoms.